The SMILES string of the molecule is CN=C(NCC(C)(C)SC)NC1CCN(CC(F)(F)F)C1.I. The van der Waals surface area contributed by atoms with Gasteiger partial charge in [0, 0.05) is 37.5 Å². The average Bonchev–Trinajstić information content (AvgIpc) is 2.79. The summed E-state index contributed by atoms with van der Waals surface area (Å²) in [6, 6.07) is 0.0101. The van der Waals surface area contributed by atoms with E-state index >= 15 is 0 Å². The largest absolute Gasteiger partial charge is 0.401 e. The van der Waals surface area contributed by atoms with E-state index in [1.165, 1.54) is 4.90 Å². The van der Waals surface area contributed by atoms with Gasteiger partial charge in [-0.05, 0) is 26.5 Å². The number of rotatable bonds is 5. The molecule has 0 aliphatic carbocycles. The molecule has 22 heavy (non-hydrogen) atoms. The number of thioether (sulfide) groups is 1. The number of halogens is 4. The highest BCUT2D eigenvalue weighted by Gasteiger charge is 2.34. The molecular weight excluding hydrogens is 428 g/mol. The molecule has 1 rings (SSSR count). The minimum absolute atomic E-state index is 0. The first-order valence-electron chi connectivity index (χ1n) is 6.96. The van der Waals surface area contributed by atoms with Gasteiger partial charge in [-0.2, -0.15) is 24.9 Å². The third-order valence-corrected chi connectivity index (χ3v) is 4.72. The van der Waals surface area contributed by atoms with Gasteiger partial charge < -0.3 is 10.6 Å². The highest BCUT2D eigenvalue weighted by molar-refractivity contribution is 14.0. The Kier molecular flexibility index (Phi) is 9.45. The van der Waals surface area contributed by atoms with Gasteiger partial charge >= 0.3 is 6.18 Å². The molecule has 0 aromatic heterocycles. The average molecular weight is 454 g/mol. The monoisotopic (exact) mass is 454 g/mol. The molecule has 1 aliphatic rings. The minimum atomic E-state index is -4.13. The Hall–Kier alpha value is 0.1000. The molecule has 0 aromatic rings. The van der Waals surface area contributed by atoms with Gasteiger partial charge in [0.05, 0.1) is 6.54 Å². The van der Waals surface area contributed by atoms with Crippen LogP contribution in [0.15, 0.2) is 4.99 Å². The van der Waals surface area contributed by atoms with Crippen molar-refractivity contribution < 1.29 is 13.2 Å². The van der Waals surface area contributed by atoms with Crippen molar-refractivity contribution in [1.29, 1.82) is 0 Å². The van der Waals surface area contributed by atoms with E-state index in [9.17, 15) is 13.2 Å². The van der Waals surface area contributed by atoms with Crippen molar-refractivity contribution in [3.63, 3.8) is 0 Å². The van der Waals surface area contributed by atoms with Crippen LogP contribution in [-0.4, -0.2) is 67.3 Å². The molecule has 0 bridgehead atoms. The van der Waals surface area contributed by atoms with E-state index in [1.807, 2.05) is 6.26 Å². The normalized spacial score (nSPS) is 20.7. The van der Waals surface area contributed by atoms with E-state index in [4.69, 9.17) is 0 Å². The van der Waals surface area contributed by atoms with Gasteiger partial charge in [0.1, 0.15) is 0 Å². The summed E-state index contributed by atoms with van der Waals surface area (Å²) in [7, 11) is 1.67. The quantitative estimate of drug-likeness (QED) is 0.381. The molecule has 1 heterocycles. The summed E-state index contributed by atoms with van der Waals surface area (Å²) in [4.78, 5) is 5.56. The number of hydrogen-bond acceptors (Lipinski definition) is 3. The Bertz CT molecular complexity index is 364. The predicted molar refractivity (Wildman–Crippen MR) is 98.4 cm³/mol. The van der Waals surface area contributed by atoms with Crippen molar-refractivity contribution in [1.82, 2.24) is 15.5 Å². The van der Waals surface area contributed by atoms with Crippen molar-refractivity contribution >= 4 is 41.7 Å². The molecule has 0 radical (unpaired) electrons. The predicted octanol–water partition coefficient (Wildman–Crippen LogP) is 2.55. The summed E-state index contributed by atoms with van der Waals surface area (Å²) in [5.74, 6) is 0.649. The van der Waals surface area contributed by atoms with E-state index in [1.54, 1.807) is 18.8 Å². The topological polar surface area (TPSA) is 39.7 Å². The number of alkyl halides is 3. The summed E-state index contributed by atoms with van der Waals surface area (Å²) in [5.41, 5.74) is 0. The van der Waals surface area contributed by atoms with Gasteiger partial charge in [-0.3, -0.25) is 9.89 Å². The molecule has 4 nitrogen and oxygen atoms in total. The Labute approximate surface area is 152 Å². The summed E-state index contributed by atoms with van der Waals surface area (Å²) in [5, 5.41) is 6.43. The number of aliphatic imine (C=N–C) groups is 1. The van der Waals surface area contributed by atoms with Gasteiger partial charge in [0.2, 0.25) is 0 Å². The van der Waals surface area contributed by atoms with Crippen molar-refractivity contribution in [3.05, 3.63) is 0 Å². The van der Waals surface area contributed by atoms with Crippen LogP contribution in [0.3, 0.4) is 0 Å². The second-order valence-corrected chi connectivity index (χ2v) is 7.38. The maximum atomic E-state index is 12.4. The molecular formula is C13H26F3IN4S. The summed E-state index contributed by atoms with van der Waals surface area (Å²) in [6.07, 6.45) is -1.39. The third-order valence-electron chi connectivity index (χ3n) is 3.47. The zero-order chi connectivity index (χ0) is 16.1. The van der Waals surface area contributed by atoms with E-state index in [0.717, 1.165) is 6.54 Å². The smallest absolute Gasteiger partial charge is 0.355 e. The van der Waals surface area contributed by atoms with Crippen molar-refractivity contribution in [2.45, 2.75) is 37.2 Å². The number of nitrogens with one attached hydrogen (secondary N) is 2. The first-order chi connectivity index (χ1) is 9.65. The molecule has 1 aliphatic heterocycles. The fourth-order valence-corrected chi connectivity index (χ4v) is 2.32. The van der Waals surface area contributed by atoms with Gasteiger partial charge in [0.25, 0.3) is 0 Å². The Morgan fingerprint density at radius 1 is 1.36 bits per heavy atom. The van der Waals surface area contributed by atoms with Crippen molar-refractivity contribution in [3.8, 4) is 0 Å². The summed E-state index contributed by atoms with van der Waals surface area (Å²) >= 11 is 1.75. The second kappa shape index (κ2) is 9.41. The highest BCUT2D eigenvalue weighted by atomic mass is 127. The summed E-state index contributed by atoms with van der Waals surface area (Å²) in [6.45, 7) is 5.01. The molecule has 2 N–H and O–H groups in total. The molecule has 0 spiro atoms. The first kappa shape index (κ1) is 22.1. The number of hydrogen-bond donors (Lipinski definition) is 2. The number of nitrogens with zero attached hydrogens (tertiary/aromatic N) is 2. The lowest BCUT2D eigenvalue weighted by molar-refractivity contribution is -0.143. The lowest BCUT2D eigenvalue weighted by Crippen LogP contribution is -2.48. The Morgan fingerprint density at radius 3 is 2.50 bits per heavy atom. The van der Waals surface area contributed by atoms with Crippen LogP contribution in [0.2, 0.25) is 0 Å². The zero-order valence-corrected chi connectivity index (χ0v) is 16.6. The fraction of sp³-hybridized carbons (Fsp3) is 0.923. The van der Waals surface area contributed by atoms with E-state index in [2.05, 4.69) is 29.5 Å². The van der Waals surface area contributed by atoms with Gasteiger partial charge in [0.15, 0.2) is 5.96 Å². The van der Waals surface area contributed by atoms with Crippen LogP contribution < -0.4 is 10.6 Å². The first-order valence-corrected chi connectivity index (χ1v) is 8.19. The van der Waals surface area contributed by atoms with Crippen LogP contribution in [-0.2, 0) is 0 Å². The lowest BCUT2D eigenvalue weighted by atomic mass is 10.2. The van der Waals surface area contributed by atoms with Crippen LogP contribution >= 0.6 is 35.7 Å². The van der Waals surface area contributed by atoms with Gasteiger partial charge in [-0.15, -0.1) is 24.0 Å². The van der Waals surface area contributed by atoms with Crippen molar-refractivity contribution in [2.75, 3.05) is 39.5 Å². The maximum absolute atomic E-state index is 12.4. The Morgan fingerprint density at radius 2 is 2.00 bits per heavy atom. The molecule has 1 unspecified atom stereocenters. The van der Waals surface area contributed by atoms with Gasteiger partial charge in [-0.1, -0.05) is 0 Å². The van der Waals surface area contributed by atoms with Crippen LogP contribution in [0.1, 0.15) is 20.3 Å². The molecule has 0 saturated carbocycles. The minimum Gasteiger partial charge on any atom is -0.355 e. The van der Waals surface area contributed by atoms with Crippen LogP contribution in [0.4, 0.5) is 13.2 Å². The molecule has 0 amide bonds. The fourth-order valence-electron chi connectivity index (χ4n) is 2.10. The van der Waals surface area contributed by atoms with E-state index < -0.39 is 12.7 Å². The molecule has 9 heteroatoms. The zero-order valence-electron chi connectivity index (χ0n) is 13.5. The lowest BCUT2D eigenvalue weighted by Gasteiger charge is -2.25. The molecule has 0 aromatic carbocycles. The van der Waals surface area contributed by atoms with Crippen LogP contribution in [0.25, 0.3) is 0 Å². The molecule has 1 atom stereocenters. The number of likely N-dealkylation sites (tertiary alicyclic amines) is 1. The highest BCUT2D eigenvalue weighted by Crippen LogP contribution is 2.20. The van der Waals surface area contributed by atoms with E-state index in [-0.39, 0.29) is 34.8 Å². The summed E-state index contributed by atoms with van der Waals surface area (Å²) < 4.78 is 37.1. The number of guanidine groups is 1. The Balaban J connectivity index is 0.00000441. The van der Waals surface area contributed by atoms with Crippen LogP contribution in [0, 0.1) is 0 Å². The molecule has 1 saturated heterocycles. The molecule has 1 fully saturated rings. The standard InChI is InChI=1S/C13H25F3N4S.HI/c1-12(2,21-4)8-18-11(17-3)19-10-5-6-20(7-10)9-13(14,15)16;/h10H,5-9H2,1-4H3,(H2,17,18,19);1H. The second-order valence-electron chi connectivity index (χ2n) is 5.87. The maximum Gasteiger partial charge on any atom is 0.401 e. The van der Waals surface area contributed by atoms with Crippen molar-refractivity contribution in [2.24, 2.45) is 4.99 Å². The van der Waals surface area contributed by atoms with Gasteiger partial charge in [-0.25, -0.2) is 0 Å². The van der Waals surface area contributed by atoms with Crippen LogP contribution in [0.5, 0.6) is 0 Å². The third kappa shape index (κ3) is 8.66. The van der Waals surface area contributed by atoms with E-state index in [0.29, 0.717) is 25.5 Å². The molecule has 132 valence electrons.